The summed E-state index contributed by atoms with van der Waals surface area (Å²) in [5, 5.41) is 9.13. The van der Waals surface area contributed by atoms with Gasteiger partial charge >= 0.3 is 0 Å². The second kappa shape index (κ2) is 8.01. The van der Waals surface area contributed by atoms with E-state index in [-0.39, 0.29) is 23.2 Å². The normalized spacial score (nSPS) is 16.2. The fourth-order valence-electron chi connectivity index (χ4n) is 3.54. The number of likely N-dealkylation sites (tertiary alicyclic amines) is 1. The number of nitrogens with zero attached hydrogens (tertiary/aromatic N) is 1. The minimum absolute atomic E-state index is 0.0459. The summed E-state index contributed by atoms with van der Waals surface area (Å²) in [6.07, 6.45) is 0. The zero-order valence-corrected chi connectivity index (χ0v) is 17.6. The monoisotopic (exact) mass is 438 g/mol. The molecule has 3 aromatic rings. The molecule has 160 valence electrons. The molecule has 1 saturated heterocycles. The van der Waals surface area contributed by atoms with Crippen LogP contribution in [0.3, 0.4) is 0 Å². The van der Waals surface area contributed by atoms with Crippen molar-refractivity contribution in [1.82, 2.24) is 9.62 Å². The average molecular weight is 439 g/mol. The molecular weight excluding hydrogens is 416 g/mol. The number of amidine groups is 1. The molecule has 0 saturated carbocycles. The first-order valence-electron chi connectivity index (χ1n) is 9.59. The first-order valence-corrected chi connectivity index (χ1v) is 11.1. The van der Waals surface area contributed by atoms with Gasteiger partial charge in [0.2, 0.25) is 15.9 Å². The maximum atomic E-state index is 12.8. The van der Waals surface area contributed by atoms with Crippen LogP contribution in [0.2, 0.25) is 0 Å². The van der Waals surface area contributed by atoms with Crippen molar-refractivity contribution in [3.8, 4) is 5.75 Å². The summed E-state index contributed by atoms with van der Waals surface area (Å²) in [6.45, 7) is 0.595. The molecule has 1 aliphatic rings. The second-order valence-corrected chi connectivity index (χ2v) is 9.10. The Labute approximate surface area is 180 Å². The molecule has 1 heterocycles. The Morgan fingerprint density at radius 3 is 2.65 bits per heavy atom. The molecule has 0 spiro atoms. The van der Waals surface area contributed by atoms with E-state index < -0.39 is 16.1 Å². The van der Waals surface area contributed by atoms with Crippen LogP contribution in [0.1, 0.15) is 11.1 Å². The quantitative estimate of drug-likeness (QED) is 0.295. The molecule has 1 aliphatic heterocycles. The van der Waals surface area contributed by atoms with Gasteiger partial charge in [0.1, 0.15) is 17.6 Å². The number of nitrogen functional groups attached to an aromatic ring is 1. The van der Waals surface area contributed by atoms with Crippen LogP contribution >= 0.6 is 0 Å². The lowest BCUT2D eigenvalue weighted by atomic mass is 10.1. The lowest BCUT2D eigenvalue weighted by Crippen LogP contribution is -2.63. The fraction of sp³-hybridized carbons (Fsp3) is 0.182. The summed E-state index contributed by atoms with van der Waals surface area (Å²) in [6, 6.07) is 16.5. The Bertz CT molecular complexity index is 1290. The number of nitrogens with two attached hydrogens (primary N) is 1. The smallest absolute Gasteiger partial charge is 0.242 e. The Kier molecular flexibility index (Phi) is 5.38. The molecule has 31 heavy (non-hydrogen) atoms. The van der Waals surface area contributed by atoms with Gasteiger partial charge in [0.25, 0.3) is 0 Å². The van der Waals surface area contributed by atoms with Crippen molar-refractivity contribution >= 4 is 32.5 Å². The van der Waals surface area contributed by atoms with Crippen LogP contribution in [0, 0.1) is 5.41 Å². The third-order valence-electron chi connectivity index (χ3n) is 5.25. The lowest BCUT2D eigenvalue weighted by molar-refractivity contribution is -0.143. The molecule has 9 heteroatoms. The Balaban J connectivity index is 1.45. The molecule has 0 aliphatic carbocycles. The molecule has 1 amide bonds. The lowest BCUT2D eigenvalue weighted by Gasteiger charge is -2.38. The van der Waals surface area contributed by atoms with Gasteiger partial charge in [0.05, 0.1) is 12.0 Å². The second-order valence-electron chi connectivity index (χ2n) is 7.38. The number of nitrogens with one attached hydrogen (secondary N) is 2. The molecule has 1 fully saturated rings. The standard InChI is InChI=1S/C22H22N4O4S/c1-30-18-7-5-15-6-8-19(11-17(15)10-18)31(28,29)25-20-13-26(22(20)27)12-14-3-2-4-16(9-14)21(23)24/h2-11,20,25H,12-13H2,1H3,(H3,23,24)/t20-/m0/s1. The summed E-state index contributed by atoms with van der Waals surface area (Å²) in [7, 11) is -2.31. The van der Waals surface area contributed by atoms with Gasteiger partial charge in [-0.05, 0) is 46.7 Å². The van der Waals surface area contributed by atoms with E-state index in [1.165, 1.54) is 6.07 Å². The number of hydrogen-bond donors (Lipinski definition) is 3. The van der Waals surface area contributed by atoms with Crippen LogP contribution in [0.5, 0.6) is 5.75 Å². The molecule has 0 bridgehead atoms. The van der Waals surface area contributed by atoms with E-state index in [4.69, 9.17) is 15.9 Å². The van der Waals surface area contributed by atoms with Crippen molar-refractivity contribution in [3.05, 3.63) is 71.8 Å². The van der Waals surface area contributed by atoms with E-state index in [9.17, 15) is 13.2 Å². The van der Waals surface area contributed by atoms with Crippen LogP contribution < -0.4 is 15.2 Å². The highest BCUT2D eigenvalue weighted by molar-refractivity contribution is 7.89. The summed E-state index contributed by atoms with van der Waals surface area (Å²) in [5.41, 5.74) is 6.91. The van der Waals surface area contributed by atoms with Gasteiger partial charge in [-0.25, -0.2) is 8.42 Å². The molecule has 0 radical (unpaired) electrons. The van der Waals surface area contributed by atoms with Crippen molar-refractivity contribution < 1.29 is 17.9 Å². The number of benzene rings is 3. The predicted molar refractivity (Wildman–Crippen MR) is 117 cm³/mol. The van der Waals surface area contributed by atoms with Crippen LogP contribution in [-0.4, -0.2) is 44.8 Å². The highest BCUT2D eigenvalue weighted by Crippen LogP contribution is 2.25. The van der Waals surface area contributed by atoms with Gasteiger partial charge in [0, 0.05) is 18.7 Å². The molecule has 1 atom stereocenters. The van der Waals surface area contributed by atoms with Crippen molar-refractivity contribution in [2.75, 3.05) is 13.7 Å². The molecule has 0 unspecified atom stereocenters. The number of β-lactam (4-membered cyclic amide) rings is 1. The topological polar surface area (TPSA) is 126 Å². The molecule has 4 rings (SSSR count). The molecule has 0 aromatic heterocycles. The summed E-state index contributed by atoms with van der Waals surface area (Å²) < 4.78 is 33.3. The van der Waals surface area contributed by atoms with E-state index in [1.54, 1.807) is 48.4 Å². The highest BCUT2D eigenvalue weighted by Gasteiger charge is 2.39. The van der Waals surface area contributed by atoms with Gasteiger partial charge in [-0.3, -0.25) is 10.2 Å². The number of amides is 1. The average Bonchev–Trinajstić information content (AvgIpc) is 2.77. The number of hydrogen-bond acceptors (Lipinski definition) is 5. The zero-order chi connectivity index (χ0) is 22.2. The Morgan fingerprint density at radius 1 is 1.16 bits per heavy atom. The van der Waals surface area contributed by atoms with Gasteiger partial charge in [0.15, 0.2) is 0 Å². The van der Waals surface area contributed by atoms with Crippen molar-refractivity contribution in [3.63, 3.8) is 0 Å². The number of fused-ring (bicyclic) bond motifs is 1. The zero-order valence-electron chi connectivity index (χ0n) is 16.8. The van der Waals surface area contributed by atoms with E-state index in [1.807, 2.05) is 18.2 Å². The van der Waals surface area contributed by atoms with Crippen LogP contribution in [0.15, 0.2) is 65.6 Å². The predicted octanol–water partition coefficient (Wildman–Crippen LogP) is 1.82. The SMILES string of the molecule is COc1ccc2ccc(S(=O)(=O)N[C@H]3CN(Cc4cccc(C(=N)N)c4)C3=O)cc2c1. The number of rotatable bonds is 7. The van der Waals surface area contributed by atoms with Gasteiger partial charge < -0.3 is 15.4 Å². The molecule has 3 aromatic carbocycles. The van der Waals surface area contributed by atoms with Gasteiger partial charge in [-0.1, -0.05) is 30.3 Å². The first-order chi connectivity index (χ1) is 14.8. The number of carbonyl (C=O) groups excluding carboxylic acids is 1. The minimum atomic E-state index is -3.86. The van der Waals surface area contributed by atoms with E-state index >= 15 is 0 Å². The van der Waals surface area contributed by atoms with Gasteiger partial charge in [-0.2, -0.15) is 4.72 Å². The first kappa shape index (κ1) is 20.8. The molecule has 8 nitrogen and oxygen atoms in total. The highest BCUT2D eigenvalue weighted by atomic mass is 32.2. The Hall–Kier alpha value is -3.43. The number of methoxy groups -OCH3 is 1. The molecular formula is C22H22N4O4S. The van der Waals surface area contributed by atoms with E-state index in [0.29, 0.717) is 17.9 Å². The maximum absolute atomic E-state index is 12.8. The summed E-state index contributed by atoms with van der Waals surface area (Å²) >= 11 is 0. The number of ether oxygens (including phenoxy) is 1. The Morgan fingerprint density at radius 2 is 1.94 bits per heavy atom. The minimum Gasteiger partial charge on any atom is -0.497 e. The van der Waals surface area contributed by atoms with Crippen LogP contribution in [0.4, 0.5) is 0 Å². The summed E-state index contributed by atoms with van der Waals surface area (Å²) in [5.74, 6) is 0.295. The fourth-order valence-corrected chi connectivity index (χ4v) is 4.75. The van der Waals surface area contributed by atoms with Crippen LogP contribution in [-0.2, 0) is 21.4 Å². The van der Waals surface area contributed by atoms with Crippen molar-refractivity contribution in [2.24, 2.45) is 5.73 Å². The van der Waals surface area contributed by atoms with Gasteiger partial charge in [-0.15, -0.1) is 0 Å². The largest absolute Gasteiger partial charge is 0.497 e. The summed E-state index contributed by atoms with van der Waals surface area (Å²) in [4.78, 5) is 14.1. The number of carbonyl (C=O) groups is 1. The van der Waals surface area contributed by atoms with Crippen molar-refractivity contribution in [2.45, 2.75) is 17.5 Å². The number of sulfonamides is 1. The maximum Gasteiger partial charge on any atom is 0.242 e. The van der Waals surface area contributed by atoms with Crippen LogP contribution in [0.25, 0.3) is 10.8 Å². The van der Waals surface area contributed by atoms with Crippen molar-refractivity contribution in [1.29, 1.82) is 5.41 Å². The van der Waals surface area contributed by atoms with E-state index in [2.05, 4.69) is 4.72 Å². The third kappa shape index (κ3) is 4.23. The van der Waals surface area contributed by atoms with E-state index in [0.717, 1.165) is 16.3 Å². The third-order valence-corrected chi connectivity index (χ3v) is 6.72. The molecule has 4 N–H and O–H groups in total.